The molecule has 2 N–H and O–H groups in total. The minimum absolute atomic E-state index is 0. The minimum atomic E-state index is -3.45. The van der Waals surface area contributed by atoms with E-state index < -0.39 is 10.0 Å². The normalized spacial score (nSPS) is 20.8. The lowest BCUT2D eigenvalue weighted by molar-refractivity contribution is 0.339. The molecule has 2 rings (SSSR count). The Morgan fingerprint density at radius 2 is 2.19 bits per heavy atom. The zero-order valence-electron chi connectivity index (χ0n) is 12.4. The number of benzene rings is 1. The highest BCUT2D eigenvalue weighted by Crippen LogP contribution is 2.27. The summed E-state index contributed by atoms with van der Waals surface area (Å²) in [5, 5.41) is 0. The third kappa shape index (κ3) is 4.10. The fourth-order valence-corrected chi connectivity index (χ4v) is 3.99. The lowest BCUT2D eigenvalue weighted by Gasteiger charge is -2.18. The molecule has 21 heavy (non-hydrogen) atoms. The summed E-state index contributed by atoms with van der Waals surface area (Å²) in [6.07, 6.45) is 0.821. The van der Waals surface area contributed by atoms with E-state index >= 15 is 0 Å². The molecule has 1 aromatic carbocycles. The summed E-state index contributed by atoms with van der Waals surface area (Å²) >= 11 is 0. The zero-order chi connectivity index (χ0) is 14.8. The zero-order valence-corrected chi connectivity index (χ0v) is 14.0. The highest BCUT2D eigenvalue weighted by atomic mass is 35.5. The average molecular weight is 335 g/mol. The van der Waals surface area contributed by atoms with Crippen LogP contribution in [0.4, 0.5) is 0 Å². The fraction of sp³-hybridized carbons (Fsp3) is 0.571. The highest BCUT2D eigenvalue weighted by molar-refractivity contribution is 7.89. The first-order chi connectivity index (χ1) is 9.45. The Hall–Kier alpha value is -0.820. The maximum absolute atomic E-state index is 12.6. The van der Waals surface area contributed by atoms with E-state index in [-0.39, 0.29) is 29.3 Å². The van der Waals surface area contributed by atoms with Crippen LogP contribution in [-0.2, 0) is 10.0 Å². The number of nitrogens with zero attached hydrogens (tertiary/aromatic N) is 1. The second-order valence-corrected chi connectivity index (χ2v) is 7.12. The summed E-state index contributed by atoms with van der Waals surface area (Å²) in [5.41, 5.74) is 5.86. The van der Waals surface area contributed by atoms with Crippen LogP contribution in [0.5, 0.6) is 5.75 Å². The SMILES string of the molecule is CCOc1cccc(S(=O)(=O)N2CCC(C(C)N)C2)c1.Cl. The molecule has 0 radical (unpaired) electrons. The van der Waals surface area contributed by atoms with Crippen LogP contribution in [0.3, 0.4) is 0 Å². The number of hydrogen-bond acceptors (Lipinski definition) is 4. The standard InChI is InChI=1S/C14H22N2O3S.ClH/c1-3-19-13-5-4-6-14(9-13)20(17,18)16-8-7-12(10-16)11(2)15;/h4-6,9,11-12H,3,7-8,10,15H2,1-2H3;1H. The molecule has 120 valence electrons. The molecule has 7 heteroatoms. The molecule has 1 aliphatic heterocycles. The molecule has 1 heterocycles. The van der Waals surface area contributed by atoms with Crippen molar-refractivity contribution < 1.29 is 13.2 Å². The van der Waals surface area contributed by atoms with Crippen molar-refractivity contribution >= 4 is 22.4 Å². The first kappa shape index (κ1) is 18.2. The monoisotopic (exact) mass is 334 g/mol. The van der Waals surface area contributed by atoms with Crippen molar-refractivity contribution in [3.63, 3.8) is 0 Å². The van der Waals surface area contributed by atoms with Crippen LogP contribution < -0.4 is 10.5 Å². The van der Waals surface area contributed by atoms with Crippen LogP contribution in [0.2, 0.25) is 0 Å². The number of hydrogen-bond donors (Lipinski definition) is 1. The summed E-state index contributed by atoms with van der Waals surface area (Å²) in [4.78, 5) is 0.286. The second-order valence-electron chi connectivity index (χ2n) is 5.18. The van der Waals surface area contributed by atoms with Crippen molar-refractivity contribution in [2.45, 2.75) is 31.2 Å². The number of sulfonamides is 1. The first-order valence-electron chi connectivity index (χ1n) is 6.93. The third-order valence-corrected chi connectivity index (χ3v) is 5.55. The maximum Gasteiger partial charge on any atom is 0.243 e. The molecular formula is C14H23ClN2O3S. The van der Waals surface area contributed by atoms with E-state index in [1.165, 1.54) is 4.31 Å². The summed E-state index contributed by atoms with van der Waals surface area (Å²) in [7, 11) is -3.45. The third-order valence-electron chi connectivity index (χ3n) is 3.69. The quantitative estimate of drug-likeness (QED) is 0.892. The van der Waals surface area contributed by atoms with Crippen LogP contribution in [0.15, 0.2) is 29.2 Å². The molecular weight excluding hydrogens is 312 g/mol. The molecule has 0 aliphatic carbocycles. The molecule has 1 aliphatic rings. The second kappa shape index (κ2) is 7.45. The van der Waals surface area contributed by atoms with Gasteiger partial charge in [0, 0.05) is 25.2 Å². The largest absolute Gasteiger partial charge is 0.494 e. The van der Waals surface area contributed by atoms with Gasteiger partial charge in [-0.3, -0.25) is 0 Å². The predicted octanol–water partition coefficient (Wildman–Crippen LogP) is 1.86. The van der Waals surface area contributed by atoms with Gasteiger partial charge in [-0.1, -0.05) is 6.07 Å². The van der Waals surface area contributed by atoms with E-state index in [4.69, 9.17) is 10.5 Å². The molecule has 0 amide bonds. The summed E-state index contributed by atoms with van der Waals surface area (Å²) in [6.45, 7) is 5.34. The van der Waals surface area contributed by atoms with Crippen LogP contribution >= 0.6 is 12.4 Å². The Kier molecular flexibility index (Phi) is 6.46. The summed E-state index contributed by atoms with van der Waals surface area (Å²) in [5.74, 6) is 0.816. The Morgan fingerprint density at radius 1 is 1.48 bits per heavy atom. The Balaban J connectivity index is 0.00000220. The topological polar surface area (TPSA) is 72.6 Å². The van der Waals surface area contributed by atoms with Gasteiger partial charge in [0.25, 0.3) is 0 Å². The highest BCUT2D eigenvalue weighted by Gasteiger charge is 2.34. The van der Waals surface area contributed by atoms with Crippen molar-refractivity contribution in [2.24, 2.45) is 11.7 Å². The smallest absolute Gasteiger partial charge is 0.243 e. The number of halogens is 1. The van der Waals surface area contributed by atoms with E-state index in [1.54, 1.807) is 24.3 Å². The lowest BCUT2D eigenvalue weighted by atomic mass is 10.0. The van der Waals surface area contributed by atoms with Crippen LogP contribution in [0.25, 0.3) is 0 Å². The first-order valence-corrected chi connectivity index (χ1v) is 8.37. The van der Waals surface area contributed by atoms with E-state index in [1.807, 2.05) is 13.8 Å². The van der Waals surface area contributed by atoms with Crippen molar-refractivity contribution in [2.75, 3.05) is 19.7 Å². The number of ether oxygens (including phenoxy) is 1. The minimum Gasteiger partial charge on any atom is -0.494 e. The van der Waals surface area contributed by atoms with Crippen LogP contribution in [-0.4, -0.2) is 38.5 Å². The molecule has 0 saturated carbocycles. The van der Waals surface area contributed by atoms with Crippen LogP contribution in [0.1, 0.15) is 20.3 Å². The fourth-order valence-electron chi connectivity index (χ4n) is 2.44. The maximum atomic E-state index is 12.6. The van der Waals surface area contributed by atoms with Crippen LogP contribution in [0, 0.1) is 5.92 Å². The molecule has 2 unspecified atom stereocenters. The Bertz CT molecular complexity index is 563. The van der Waals surface area contributed by atoms with Crippen molar-refractivity contribution in [3.8, 4) is 5.75 Å². The molecule has 0 aromatic heterocycles. The van der Waals surface area contributed by atoms with Gasteiger partial charge in [-0.15, -0.1) is 12.4 Å². The molecule has 5 nitrogen and oxygen atoms in total. The average Bonchev–Trinajstić information content (AvgIpc) is 2.90. The van der Waals surface area contributed by atoms with Gasteiger partial charge in [-0.05, 0) is 38.3 Å². The molecule has 0 spiro atoms. The molecule has 1 saturated heterocycles. The Morgan fingerprint density at radius 3 is 2.76 bits per heavy atom. The van der Waals surface area contributed by atoms with Crippen molar-refractivity contribution in [1.82, 2.24) is 4.31 Å². The van der Waals surface area contributed by atoms with Gasteiger partial charge in [-0.25, -0.2) is 8.42 Å². The molecule has 0 bridgehead atoms. The molecule has 1 aromatic rings. The number of nitrogens with two attached hydrogens (primary N) is 1. The molecule has 1 fully saturated rings. The van der Waals surface area contributed by atoms with E-state index in [2.05, 4.69) is 0 Å². The summed E-state index contributed by atoms with van der Waals surface area (Å²) in [6, 6.07) is 6.67. The van der Waals surface area contributed by atoms with Gasteiger partial charge in [0.2, 0.25) is 10.0 Å². The van der Waals surface area contributed by atoms with Gasteiger partial charge in [0.15, 0.2) is 0 Å². The lowest BCUT2D eigenvalue weighted by Crippen LogP contribution is -2.33. The Labute approximate surface area is 132 Å². The van der Waals surface area contributed by atoms with Gasteiger partial charge >= 0.3 is 0 Å². The number of rotatable bonds is 5. The van der Waals surface area contributed by atoms with E-state index in [0.29, 0.717) is 25.4 Å². The van der Waals surface area contributed by atoms with Crippen molar-refractivity contribution in [3.05, 3.63) is 24.3 Å². The van der Waals surface area contributed by atoms with E-state index in [0.717, 1.165) is 6.42 Å². The molecule has 2 atom stereocenters. The van der Waals surface area contributed by atoms with Gasteiger partial charge < -0.3 is 10.5 Å². The van der Waals surface area contributed by atoms with Gasteiger partial charge in [-0.2, -0.15) is 4.31 Å². The summed E-state index contributed by atoms with van der Waals surface area (Å²) < 4.78 is 32.1. The van der Waals surface area contributed by atoms with Crippen molar-refractivity contribution in [1.29, 1.82) is 0 Å². The van der Waals surface area contributed by atoms with E-state index in [9.17, 15) is 8.42 Å². The van der Waals surface area contributed by atoms with Gasteiger partial charge in [0.1, 0.15) is 5.75 Å². The van der Waals surface area contributed by atoms with Gasteiger partial charge in [0.05, 0.1) is 11.5 Å². The predicted molar refractivity (Wildman–Crippen MR) is 85.4 cm³/mol.